The first-order chi connectivity index (χ1) is 8.34. The van der Waals surface area contributed by atoms with Gasteiger partial charge in [-0.1, -0.05) is 6.07 Å². The van der Waals surface area contributed by atoms with Crippen LogP contribution in [0.4, 0.5) is 0 Å². The number of nitrogens with zero attached hydrogens (tertiary/aromatic N) is 2. The second kappa shape index (κ2) is 4.30. The van der Waals surface area contributed by atoms with E-state index in [1.807, 2.05) is 18.2 Å². The minimum Gasteiger partial charge on any atom is -0.316 e. The van der Waals surface area contributed by atoms with Crippen molar-refractivity contribution in [3.8, 4) is 0 Å². The van der Waals surface area contributed by atoms with Crippen molar-refractivity contribution >= 4 is 5.65 Å². The van der Waals surface area contributed by atoms with Crippen molar-refractivity contribution in [1.29, 1.82) is 0 Å². The summed E-state index contributed by atoms with van der Waals surface area (Å²) in [5, 5.41) is 3.35. The van der Waals surface area contributed by atoms with Gasteiger partial charge in [-0.2, -0.15) is 0 Å². The van der Waals surface area contributed by atoms with Crippen molar-refractivity contribution in [2.45, 2.75) is 18.8 Å². The van der Waals surface area contributed by atoms with E-state index in [1.54, 1.807) is 16.7 Å². The summed E-state index contributed by atoms with van der Waals surface area (Å²) < 4.78 is 1.58. The molecule has 1 unspecified atom stereocenters. The van der Waals surface area contributed by atoms with E-state index >= 15 is 0 Å². The molecule has 1 aliphatic rings. The highest BCUT2D eigenvalue weighted by Crippen LogP contribution is 2.20. The maximum Gasteiger partial charge on any atom is 0.258 e. The molecule has 17 heavy (non-hydrogen) atoms. The number of aromatic nitrogens is 2. The molecule has 1 N–H and O–H groups in total. The molecule has 2 aromatic rings. The SMILES string of the molecule is O=c1cc(C2CCCNC2)nc2ccccn12. The number of rotatable bonds is 1. The van der Waals surface area contributed by atoms with Crippen molar-refractivity contribution in [3.63, 3.8) is 0 Å². The van der Waals surface area contributed by atoms with Gasteiger partial charge in [0.25, 0.3) is 5.56 Å². The van der Waals surface area contributed by atoms with E-state index in [2.05, 4.69) is 10.3 Å². The third kappa shape index (κ3) is 1.96. The van der Waals surface area contributed by atoms with Gasteiger partial charge in [0.05, 0.1) is 5.69 Å². The third-order valence-corrected chi connectivity index (χ3v) is 3.31. The molecule has 1 aliphatic heterocycles. The van der Waals surface area contributed by atoms with Crippen LogP contribution < -0.4 is 10.9 Å². The minimum absolute atomic E-state index is 0.0103. The van der Waals surface area contributed by atoms with E-state index in [0.29, 0.717) is 5.92 Å². The van der Waals surface area contributed by atoms with Gasteiger partial charge in [0.2, 0.25) is 0 Å². The Kier molecular flexibility index (Phi) is 2.65. The zero-order chi connectivity index (χ0) is 11.7. The Morgan fingerprint density at radius 1 is 1.41 bits per heavy atom. The highest BCUT2D eigenvalue weighted by molar-refractivity contribution is 5.38. The number of pyridine rings is 1. The number of fused-ring (bicyclic) bond motifs is 1. The van der Waals surface area contributed by atoms with Gasteiger partial charge in [0, 0.05) is 24.7 Å². The van der Waals surface area contributed by atoms with Gasteiger partial charge in [-0.25, -0.2) is 4.98 Å². The zero-order valence-corrected chi connectivity index (χ0v) is 9.60. The van der Waals surface area contributed by atoms with Crippen LogP contribution in [0.1, 0.15) is 24.5 Å². The average molecular weight is 229 g/mol. The van der Waals surface area contributed by atoms with Crippen molar-refractivity contribution in [3.05, 3.63) is 46.5 Å². The summed E-state index contributed by atoms with van der Waals surface area (Å²) in [5.41, 5.74) is 1.67. The van der Waals surface area contributed by atoms with Gasteiger partial charge < -0.3 is 5.32 Å². The fourth-order valence-corrected chi connectivity index (χ4v) is 2.39. The second-order valence-electron chi connectivity index (χ2n) is 4.49. The predicted octanol–water partition coefficient (Wildman–Crippen LogP) is 1.16. The molecule has 1 saturated heterocycles. The van der Waals surface area contributed by atoms with Gasteiger partial charge in [0.15, 0.2) is 0 Å². The first-order valence-corrected chi connectivity index (χ1v) is 6.04. The van der Waals surface area contributed by atoms with Crippen LogP contribution >= 0.6 is 0 Å². The van der Waals surface area contributed by atoms with E-state index < -0.39 is 0 Å². The summed E-state index contributed by atoms with van der Waals surface area (Å²) in [4.78, 5) is 16.5. The molecule has 0 bridgehead atoms. The Labute approximate surface area is 99.3 Å². The lowest BCUT2D eigenvalue weighted by Crippen LogP contribution is -2.30. The Morgan fingerprint density at radius 3 is 3.18 bits per heavy atom. The first kappa shape index (κ1) is 10.5. The monoisotopic (exact) mass is 229 g/mol. The van der Waals surface area contributed by atoms with Gasteiger partial charge in [0.1, 0.15) is 5.65 Å². The largest absolute Gasteiger partial charge is 0.316 e. The first-order valence-electron chi connectivity index (χ1n) is 6.04. The number of hydrogen-bond donors (Lipinski definition) is 1. The third-order valence-electron chi connectivity index (χ3n) is 3.31. The van der Waals surface area contributed by atoms with E-state index in [-0.39, 0.29) is 5.56 Å². The standard InChI is InChI=1S/C13H15N3O/c17-13-8-11(10-4-3-6-14-9-10)15-12-5-1-2-7-16(12)13/h1-2,5,7-8,10,14H,3-4,6,9H2. The molecule has 0 amide bonds. The van der Waals surface area contributed by atoms with Crippen LogP contribution in [-0.2, 0) is 0 Å². The summed E-state index contributed by atoms with van der Waals surface area (Å²) in [6.07, 6.45) is 4.02. The molecule has 0 aliphatic carbocycles. The molecule has 0 saturated carbocycles. The highest BCUT2D eigenvalue weighted by Gasteiger charge is 2.17. The summed E-state index contributed by atoms with van der Waals surface area (Å²) in [5.74, 6) is 0.377. The van der Waals surface area contributed by atoms with Crippen LogP contribution in [-0.4, -0.2) is 22.5 Å². The summed E-state index contributed by atoms with van der Waals surface area (Å²) in [7, 11) is 0. The average Bonchev–Trinajstić information content (AvgIpc) is 2.40. The Balaban J connectivity index is 2.08. The second-order valence-corrected chi connectivity index (χ2v) is 4.49. The minimum atomic E-state index is 0.0103. The lowest BCUT2D eigenvalue weighted by molar-refractivity contribution is 0.454. The maximum absolute atomic E-state index is 11.9. The molecular formula is C13H15N3O. The van der Waals surface area contributed by atoms with Gasteiger partial charge in [-0.3, -0.25) is 9.20 Å². The molecule has 1 fully saturated rings. The van der Waals surface area contributed by atoms with Crippen molar-refractivity contribution in [1.82, 2.24) is 14.7 Å². The zero-order valence-electron chi connectivity index (χ0n) is 9.60. The highest BCUT2D eigenvalue weighted by atomic mass is 16.1. The lowest BCUT2D eigenvalue weighted by atomic mass is 9.96. The molecular weight excluding hydrogens is 214 g/mol. The predicted molar refractivity (Wildman–Crippen MR) is 66.3 cm³/mol. The van der Waals surface area contributed by atoms with Gasteiger partial charge >= 0.3 is 0 Å². The Morgan fingerprint density at radius 2 is 2.35 bits per heavy atom. The van der Waals surface area contributed by atoms with Gasteiger partial charge in [-0.15, -0.1) is 0 Å². The van der Waals surface area contributed by atoms with E-state index in [9.17, 15) is 4.79 Å². The van der Waals surface area contributed by atoms with E-state index in [0.717, 1.165) is 37.3 Å². The summed E-state index contributed by atoms with van der Waals surface area (Å²) >= 11 is 0. The molecule has 4 heteroatoms. The quantitative estimate of drug-likeness (QED) is 0.798. The Hall–Kier alpha value is -1.68. The molecule has 0 aromatic carbocycles. The van der Waals surface area contributed by atoms with Crippen molar-refractivity contribution in [2.75, 3.05) is 13.1 Å². The van der Waals surface area contributed by atoms with Crippen LogP contribution in [0.3, 0.4) is 0 Å². The van der Waals surface area contributed by atoms with Crippen LogP contribution in [0.5, 0.6) is 0 Å². The molecule has 88 valence electrons. The summed E-state index contributed by atoms with van der Waals surface area (Å²) in [6.45, 7) is 2.00. The maximum atomic E-state index is 11.9. The van der Waals surface area contributed by atoms with Gasteiger partial charge in [-0.05, 0) is 31.5 Å². The number of hydrogen-bond acceptors (Lipinski definition) is 3. The molecule has 4 nitrogen and oxygen atoms in total. The number of nitrogens with one attached hydrogen (secondary N) is 1. The van der Waals surface area contributed by atoms with Crippen LogP contribution in [0.2, 0.25) is 0 Å². The molecule has 2 aromatic heterocycles. The molecule has 0 radical (unpaired) electrons. The topological polar surface area (TPSA) is 46.4 Å². The van der Waals surface area contributed by atoms with Crippen LogP contribution in [0, 0.1) is 0 Å². The molecule has 1 atom stereocenters. The van der Waals surface area contributed by atoms with Crippen LogP contribution in [0.25, 0.3) is 5.65 Å². The normalized spacial score (nSPS) is 20.6. The smallest absolute Gasteiger partial charge is 0.258 e. The van der Waals surface area contributed by atoms with E-state index in [1.165, 1.54) is 0 Å². The molecule has 0 spiro atoms. The van der Waals surface area contributed by atoms with E-state index in [4.69, 9.17) is 0 Å². The lowest BCUT2D eigenvalue weighted by Gasteiger charge is -2.22. The Bertz CT molecular complexity index is 584. The summed E-state index contributed by atoms with van der Waals surface area (Å²) in [6, 6.07) is 7.30. The fourth-order valence-electron chi connectivity index (χ4n) is 2.39. The van der Waals surface area contributed by atoms with Crippen LogP contribution in [0.15, 0.2) is 35.3 Å². The van der Waals surface area contributed by atoms with Crippen molar-refractivity contribution < 1.29 is 0 Å². The fraction of sp³-hybridized carbons (Fsp3) is 0.385. The molecule has 3 heterocycles. The van der Waals surface area contributed by atoms with Crippen molar-refractivity contribution in [2.24, 2.45) is 0 Å². The number of piperidine rings is 1. The molecule has 3 rings (SSSR count).